The second-order valence-corrected chi connectivity index (χ2v) is 8.25. The first kappa shape index (κ1) is 17.3. The van der Waals surface area contributed by atoms with Crippen molar-refractivity contribution in [3.63, 3.8) is 0 Å². The van der Waals surface area contributed by atoms with Crippen LogP contribution >= 0.6 is 0 Å². The van der Waals surface area contributed by atoms with E-state index in [4.69, 9.17) is 0 Å². The molecule has 1 aliphatic carbocycles. The fraction of sp³-hybridized carbons (Fsp3) is 1.00. The van der Waals surface area contributed by atoms with Gasteiger partial charge in [-0.25, -0.2) is 0 Å². The number of nitrogens with one attached hydrogen (secondary N) is 1. The Hall–Kier alpha value is -0.0800. The normalized spacial score (nSPS) is 36.4. The lowest BCUT2D eigenvalue weighted by Crippen LogP contribution is -2.56. The third-order valence-corrected chi connectivity index (χ3v) is 6.73. The summed E-state index contributed by atoms with van der Waals surface area (Å²) in [5.74, 6) is 0.896. The molecule has 0 aromatic carbocycles. The third-order valence-electron chi connectivity index (χ3n) is 6.73. The number of hydrogen-bond donors (Lipinski definition) is 1. The summed E-state index contributed by atoms with van der Waals surface area (Å²) >= 11 is 0. The lowest BCUT2D eigenvalue weighted by molar-refractivity contribution is 0.0337. The molecule has 1 aliphatic heterocycles. The van der Waals surface area contributed by atoms with Gasteiger partial charge in [-0.2, -0.15) is 0 Å². The fourth-order valence-electron chi connectivity index (χ4n) is 4.64. The van der Waals surface area contributed by atoms with Crippen LogP contribution in [0.5, 0.6) is 0 Å². The first-order valence-electron chi connectivity index (χ1n) is 9.42. The molecule has 2 rings (SSSR count). The number of likely N-dealkylation sites (N-methyl/N-ethyl adjacent to an activating group) is 1. The van der Waals surface area contributed by atoms with Gasteiger partial charge >= 0.3 is 0 Å². The maximum atomic E-state index is 3.64. The molecule has 0 spiro atoms. The molecule has 0 radical (unpaired) electrons. The second-order valence-electron chi connectivity index (χ2n) is 8.25. The van der Waals surface area contributed by atoms with Crippen molar-refractivity contribution in [3.05, 3.63) is 0 Å². The lowest BCUT2D eigenvalue weighted by atomic mass is 9.67. The Kier molecular flexibility index (Phi) is 6.14. The fourth-order valence-corrected chi connectivity index (χ4v) is 4.64. The molecule has 2 fully saturated rings. The summed E-state index contributed by atoms with van der Waals surface area (Å²) in [5.41, 5.74) is 0.506. The number of likely N-dealkylation sites (tertiary alicyclic amines) is 1. The number of nitrogens with zero attached hydrogens (tertiary/aromatic N) is 1. The highest BCUT2D eigenvalue weighted by molar-refractivity contribution is 4.96. The van der Waals surface area contributed by atoms with Crippen molar-refractivity contribution in [3.8, 4) is 0 Å². The van der Waals surface area contributed by atoms with Gasteiger partial charge in [0, 0.05) is 18.1 Å². The van der Waals surface area contributed by atoms with Crippen LogP contribution in [0.4, 0.5) is 0 Å². The van der Waals surface area contributed by atoms with Crippen molar-refractivity contribution in [1.82, 2.24) is 10.2 Å². The molecule has 0 aromatic rings. The van der Waals surface area contributed by atoms with Crippen LogP contribution in [-0.4, -0.2) is 36.6 Å². The minimum Gasteiger partial charge on any atom is -0.315 e. The summed E-state index contributed by atoms with van der Waals surface area (Å²) in [5, 5.41) is 3.64. The van der Waals surface area contributed by atoms with Crippen LogP contribution < -0.4 is 5.32 Å². The van der Waals surface area contributed by atoms with E-state index in [9.17, 15) is 0 Å². The Bertz CT molecular complexity index is 313. The van der Waals surface area contributed by atoms with Gasteiger partial charge in [0.1, 0.15) is 0 Å². The monoisotopic (exact) mass is 294 g/mol. The molecule has 0 bridgehead atoms. The predicted octanol–water partition coefficient (Wildman–Crippen LogP) is 4.44. The average Bonchev–Trinajstić information content (AvgIpc) is 2.71. The van der Waals surface area contributed by atoms with E-state index in [1.165, 1.54) is 57.9 Å². The number of rotatable bonds is 4. The molecule has 1 saturated heterocycles. The van der Waals surface area contributed by atoms with Gasteiger partial charge in [-0.1, -0.05) is 40.0 Å². The van der Waals surface area contributed by atoms with Crippen molar-refractivity contribution < 1.29 is 0 Å². The van der Waals surface area contributed by atoms with Crippen molar-refractivity contribution >= 4 is 0 Å². The Balaban J connectivity index is 2.12. The minimum atomic E-state index is 0.506. The smallest absolute Gasteiger partial charge is 0.0254 e. The lowest BCUT2D eigenvalue weighted by Gasteiger charge is -2.48. The van der Waals surface area contributed by atoms with Crippen LogP contribution in [0.15, 0.2) is 0 Å². The van der Waals surface area contributed by atoms with Crippen molar-refractivity contribution in [2.75, 3.05) is 13.6 Å². The first-order valence-corrected chi connectivity index (χ1v) is 9.42. The zero-order valence-electron chi connectivity index (χ0n) is 15.1. The molecule has 0 aromatic heterocycles. The Morgan fingerprint density at radius 2 is 1.86 bits per heavy atom. The summed E-state index contributed by atoms with van der Waals surface area (Å²) in [6.07, 6.45) is 11.1. The highest BCUT2D eigenvalue weighted by Gasteiger charge is 2.40. The minimum absolute atomic E-state index is 0.506. The van der Waals surface area contributed by atoms with Gasteiger partial charge in [-0.15, -0.1) is 0 Å². The van der Waals surface area contributed by atoms with Crippen LogP contribution in [-0.2, 0) is 0 Å². The van der Waals surface area contributed by atoms with E-state index in [0.717, 1.165) is 18.0 Å². The van der Waals surface area contributed by atoms with Crippen LogP contribution in [0, 0.1) is 11.3 Å². The molecule has 0 amide bonds. The molecule has 4 atom stereocenters. The van der Waals surface area contributed by atoms with Gasteiger partial charge in [-0.05, 0) is 64.0 Å². The Morgan fingerprint density at radius 3 is 2.52 bits per heavy atom. The highest BCUT2D eigenvalue weighted by Crippen LogP contribution is 2.42. The van der Waals surface area contributed by atoms with Gasteiger partial charge in [0.15, 0.2) is 0 Å². The Morgan fingerprint density at radius 1 is 1.10 bits per heavy atom. The van der Waals surface area contributed by atoms with Gasteiger partial charge in [-0.3, -0.25) is 4.90 Å². The second kappa shape index (κ2) is 7.46. The van der Waals surface area contributed by atoms with Gasteiger partial charge < -0.3 is 5.32 Å². The standard InChI is InChI=1S/C19H38N2/c1-6-19(3,4)16-11-12-17(20-5)18(14-16)21-13-9-7-8-10-15(21)2/h15-18,20H,6-14H2,1-5H3. The summed E-state index contributed by atoms with van der Waals surface area (Å²) in [6, 6.07) is 2.24. The van der Waals surface area contributed by atoms with Crippen LogP contribution in [0.3, 0.4) is 0 Å². The molecule has 4 unspecified atom stereocenters. The zero-order chi connectivity index (χ0) is 15.5. The van der Waals surface area contributed by atoms with Gasteiger partial charge in [0.05, 0.1) is 0 Å². The first-order chi connectivity index (χ1) is 9.99. The van der Waals surface area contributed by atoms with E-state index >= 15 is 0 Å². The molecular weight excluding hydrogens is 256 g/mol. The maximum Gasteiger partial charge on any atom is 0.0254 e. The molecular formula is C19H38N2. The Labute approximate surface area is 133 Å². The van der Waals surface area contributed by atoms with Crippen molar-refractivity contribution in [1.29, 1.82) is 0 Å². The molecule has 2 nitrogen and oxygen atoms in total. The van der Waals surface area contributed by atoms with E-state index in [-0.39, 0.29) is 0 Å². The average molecular weight is 295 g/mol. The third kappa shape index (κ3) is 4.01. The molecule has 21 heavy (non-hydrogen) atoms. The van der Waals surface area contributed by atoms with Gasteiger partial charge in [0.25, 0.3) is 0 Å². The summed E-state index contributed by atoms with van der Waals surface area (Å²) in [4.78, 5) is 2.87. The molecule has 2 aliphatic rings. The maximum absolute atomic E-state index is 3.64. The highest BCUT2D eigenvalue weighted by atomic mass is 15.2. The van der Waals surface area contributed by atoms with Crippen LogP contribution in [0.2, 0.25) is 0 Å². The van der Waals surface area contributed by atoms with Crippen molar-refractivity contribution in [2.45, 2.75) is 97.2 Å². The predicted molar refractivity (Wildman–Crippen MR) is 92.7 cm³/mol. The summed E-state index contributed by atoms with van der Waals surface area (Å²) < 4.78 is 0. The quantitative estimate of drug-likeness (QED) is 0.824. The zero-order valence-corrected chi connectivity index (χ0v) is 15.1. The molecule has 124 valence electrons. The number of hydrogen-bond acceptors (Lipinski definition) is 2. The summed E-state index contributed by atoms with van der Waals surface area (Å²) in [7, 11) is 2.17. The van der Waals surface area contributed by atoms with E-state index < -0.39 is 0 Å². The van der Waals surface area contributed by atoms with Crippen molar-refractivity contribution in [2.24, 2.45) is 11.3 Å². The van der Waals surface area contributed by atoms with E-state index in [1.807, 2.05) is 0 Å². The SMILES string of the molecule is CCC(C)(C)C1CCC(NC)C(N2CCCCCC2C)C1. The largest absolute Gasteiger partial charge is 0.315 e. The summed E-state index contributed by atoms with van der Waals surface area (Å²) in [6.45, 7) is 11.1. The molecule has 1 N–H and O–H groups in total. The van der Waals surface area contributed by atoms with Gasteiger partial charge in [0.2, 0.25) is 0 Å². The van der Waals surface area contributed by atoms with E-state index in [2.05, 4.69) is 45.0 Å². The molecule has 2 heteroatoms. The topological polar surface area (TPSA) is 15.3 Å². The molecule has 1 saturated carbocycles. The van der Waals surface area contributed by atoms with Crippen LogP contribution in [0.25, 0.3) is 0 Å². The molecule has 1 heterocycles. The van der Waals surface area contributed by atoms with E-state index in [0.29, 0.717) is 11.5 Å². The van der Waals surface area contributed by atoms with E-state index in [1.54, 1.807) is 0 Å². The van der Waals surface area contributed by atoms with Crippen LogP contribution in [0.1, 0.15) is 79.1 Å².